The Morgan fingerprint density at radius 2 is 1.25 bits per heavy atom. The molecule has 0 radical (unpaired) electrons. The van der Waals surface area contributed by atoms with Gasteiger partial charge in [-0.05, 0) is 42.5 Å². The van der Waals surface area contributed by atoms with Gasteiger partial charge in [-0.25, -0.2) is 9.59 Å². The molecule has 0 aliphatic heterocycles. The van der Waals surface area contributed by atoms with E-state index in [1.165, 1.54) is 22.7 Å². The van der Waals surface area contributed by atoms with Crippen LogP contribution in [0.4, 0.5) is 0 Å². The van der Waals surface area contributed by atoms with Gasteiger partial charge >= 0.3 is 11.3 Å². The van der Waals surface area contributed by atoms with E-state index in [1.54, 1.807) is 38.5 Å². The summed E-state index contributed by atoms with van der Waals surface area (Å²) in [5, 5.41) is 1.56. The van der Waals surface area contributed by atoms with Gasteiger partial charge in [0, 0.05) is 37.0 Å². The molecule has 0 saturated carbocycles. The number of fused-ring (bicyclic) bond motifs is 2. The summed E-state index contributed by atoms with van der Waals surface area (Å²) in [6.07, 6.45) is 0. The number of hydrogen-bond acceptors (Lipinski definition) is 8. The van der Waals surface area contributed by atoms with Crippen molar-refractivity contribution in [3.63, 3.8) is 0 Å². The number of methoxy groups -OCH3 is 2. The highest BCUT2D eigenvalue weighted by atomic mass is 32.1. The monoisotopic (exact) mass is 514 g/mol. The first-order valence-electron chi connectivity index (χ1n) is 11.0. The third kappa shape index (κ3) is 3.80. The molecule has 8 heteroatoms. The van der Waals surface area contributed by atoms with Crippen molar-refractivity contribution in [1.82, 2.24) is 0 Å². The molecule has 0 atom stereocenters. The molecule has 0 saturated heterocycles. The fourth-order valence-electron chi connectivity index (χ4n) is 4.08. The summed E-state index contributed by atoms with van der Waals surface area (Å²) in [6, 6.07) is 22.3. The van der Waals surface area contributed by atoms with E-state index in [4.69, 9.17) is 18.3 Å². The maximum atomic E-state index is 12.8. The normalized spacial score (nSPS) is 11.3. The first-order chi connectivity index (χ1) is 17.5. The molecule has 178 valence electrons. The third-order valence-electron chi connectivity index (χ3n) is 5.87. The van der Waals surface area contributed by atoms with Gasteiger partial charge in [0.15, 0.2) is 0 Å². The topological polar surface area (TPSA) is 78.9 Å². The minimum absolute atomic E-state index is 0.367. The fraction of sp³-hybridized carbons (Fsp3) is 0.0714. The molecule has 0 bridgehead atoms. The van der Waals surface area contributed by atoms with Crippen molar-refractivity contribution in [2.24, 2.45) is 0 Å². The molecule has 0 aliphatic carbocycles. The van der Waals surface area contributed by atoms with Crippen molar-refractivity contribution in [3.05, 3.63) is 93.6 Å². The Bertz CT molecular complexity index is 1870. The standard InChI is InChI=1S/C28H18O6S2/c1-31-16-12-21(32-2)17-14-19(28(30)34-22(17)13-16)24-8-10-26(36-24)25-9-7-23(35-25)18-11-15-5-3-4-6-20(15)33-27(18)29/h3-14H,1-2H3. The molecule has 0 fully saturated rings. The lowest BCUT2D eigenvalue weighted by molar-refractivity contribution is 0.396. The molecular weight excluding hydrogens is 496 g/mol. The summed E-state index contributed by atoms with van der Waals surface area (Å²) in [6.45, 7) is 0. The number of benzene rings is 2. The van der Waals surface area contributed by atoms with Gasteiger partial charge in [0.2, 0.25) is 0 Å². The Morgan fingerprint density at radius 3 is 1.92 bits per heavy atom. The molecule has 0 N–H and O–H groups in total. The van der Waals surface area contributed by atoms with Crippen LogP contribution in [0.2, 0.25) is 0 Å². The van der Waals surface area contributed by atoms with Crippen LogP contribution in [0.5, 0.6) is 11.5 Å². The fourth-order valence-corrected chi connectivity index (χ4v) is 6.19. The zero-order valence-corrected chi connectivity index (χ0v) is 20.8. The second-order valence-corrected chi connectivity index (χ2v) is 10.2. The average molecular weight is 515 g/mol. The number of thiophene rings is 2. The van der Waals surface area contributed by atoms with E-state index in [0.29, 0.717) is 39.2 Å². The maximum Gasteiger partial charge on any atom is 0.345 e. The molecule has 4 aromatic heterocycles. The minimum atomic E-state index is -0.438. The van der Waals surface area contributed by atoms with Crippen LogP contribution in [0.1, 0.15) is 0 Å². The zero-order chi connectivity index (χ0) is 24.8. The molecule has 4 heterocycles. The molecular formula is C28H18O6S2. The number of rotatable bonds is 5. The summed E-state index contributed by atoms with van der Waals surface area (Å²) in [7, 11) is 3.11. The van der Waals surface area contributed by atoms with Crippen LogP contribution in [-0.2, 0) is 0 Å². The summed E-state index contributed by atoms with van der Waals surface area (Å²) >= 11 is 2.98. The van der Waals surface area contributed by atoms with Gasteiger partial charge in [-0.15, -0.1) is 22.7 Å². The molecule has 2 aromatic carbocycles. The van der Waals surface area contributed by atoms with Gasteiger partial charge in [0.1, 0.15) is 22.7 Å². The van der Waals surface area contributed by atoms with Gasteiger partial charge in [0.05, 0.1) is 30.7 Å². The van der Waals surface area contributed by atoms with Crippen molar-refractivity contribution < 1.29 is 18.3 Å². The molecule has 36 heavy (non-hydrogen) atoms. The second-order valence-electron chi connectivity index (χ2n) is 8.00. The number of para-hydroxylation sites is 1. The van der Waals surface area contributed by atoms with Gasteiger partial charge in [0.25, 0.3) is 0 Å². The zero-order valence-electron chi connectivity index (χ0n) is 19.2. The van der Waals surface area contributed by atoms with Crippen LogP contribution in [0.25, 0.3) is 52.6 Å². The van der Waals surface area contributed by atoms with Crippen LogP contribution < -0.4 is 20.7 Å². The Balaban J connectivity index is 1.38. The average Bonchev–Trinajstić information content (AvgIpc) is 3.57. The summed E-state index contributed by atoms with van der Waals surface area (Å²) < 4.78 is 21.9. The predicted octanol–water partition coefficient (Wildman–Crippen LogP) is 7.04. The largest absolute Gasteiger partial charge is 0.496 e. The molecule has 6 nitrogen and oxygen atoms in total. The van der Waals surface area contributed by atoms with Gasteiger partial charge < -0.3 is 18.3 Å². The Morgan fingerprint density at radius 1 is 0.639 bits per heavy atom. The summed E-state index contributed by atoms with van der Waals surface area (Å²) in [5.74, 6) is 1.10. The van der Waals surface area contributed by atoms with E-state index >= 15 is 0 Å². The molecule has 0 spiro atoms. The Kier molecular flexibility index (Phi) is 5.47. The van der Waals surface area contributed by atoms with Gasteiger partial charge in [-0.3, -0.25) is 0 Å². The van der Waals surface area contributed by atoms with Gasteiger partial charge in [-0.1, -0.05) is 18.2 Å². The molecule has 0 amide bonds. The summed E-state index contributed by atoms with van der Waals surface area (Å²) in [5.41, 5.74) is 1.14. The lowest BCUT2D eigenvalue weighted by Gasteiger charge is -2.08. The van der Waals surface area contributed by atoms with Crippen molar-refractivity contribution in [1.29, 1.82) is 0 Å². The first-order valence-corrected chi connectivity index (χ1v) is 12.6. The molecule has 0 aliphatic rings. The number of hydrogen-bond donors (Lipinski definition) is 0. The Labute approximate surface area is 212 Å². The highest BCUT2D eigenvalue weighted by Gasteiger charge is 2.17. The number of ether oxygens (including phenoxy) is 2. The Hall–Kier alpha value is -4.14. The van der Waals surface area contributed by atoms with Crippen molar-refractivity contribution in [2.75, 3.05) is 14.2 Å². The molecule has 6 rings (SSSR count). The first kappa shape index (κ1) is 22.3. The van der Waals surface area contributed by atoms with E-state index in [9.17, 15) is 9.59 Å². The smallest absolute Gasteiger partial charge is 0.345 e. The second kappa shape index (κ2) is 8.82. The minimum Gasteiger partial charge on any atom is -0.496 e. The van der Waals surface area contributed by atoms with E-state index in [1.807, 2.05) is 48.5 Å². The van der Waals surface area contributed by atoms with Crippen LogP contribution in [0, 0.1) is 0 Å². The quantitative estimate of drug-likeness (QED) is 0.230. The van der Waals surface area contributed by atoms with Crippen LogP contribution >= 0.6 is 22.7 Å². The van der Waals surface area contributed by atoms with E-state index in [0.717, 1.165) is 24.9 Å². The summed E-state index contributed by atoms with van der Waals surface area (Å²) in [4.78, 5) is 29.0. The van der Waals surface area contributed by atoms with Crippen molar-refractivity contribution in [3.8, 4) is 42.1 Å². The van der Waals surface area contributed by atoms with E-state index < -0.39 is 5.63 Å². The van der Waals surface area contributed by atoms with Gasteiger partial charge in [-0.2, -0.15) is 0 Å². The van der Waals surface area contributed by atoms with Crippen molar-refractivity contribution >= 4 is 44.6 Å². The maximum absolute atomic E-state index is 12.8. The van der Waals surface area contributed by atoms with Crippen LogP contribution in [0.3, 0.4) is 0 Å². The highest BCUT2D eigenvalue weighted by molar-refractivity contribution is 7.25. The predicted molar refractivity (Wildman–Crippen MR) is 144 cm³/mol. The molecule has 0 unspecified atom stereocenters. The van der Waals surface area contributed by atoms with Crippen LogP contribution in [-0.4, -0.2) is 14.2 Å². The van der Waals surface area contributed by atoms with Crippen LogP contribution in [0.15, 0.2) is 91.2 Å². The lowest BCUT2D eigenvalue weighted by Crippen LogP contribution is -2.02. The highest BCUT2D eigenvalue weighted by Crippen LogP contribution is 2.40. The SMILES string of the molecule is COc1cc(OC)c2cc(-c3ccc(-c4ccc(-c5cc6ccccc6oc5=O)s4)s3)c(=O)oc2c1. The molecule has 6 aromatic rings. The van der Waals surface area contributed by atoms with Crippen molar-refractivity contribution in [2.45, 2.75) is 0 Å². The van der Waals surface area contributed by atoms with E-state index in [2.05, 4.69) is 0 Å². The third-order valence-corrected chi connectivity index (χ3v) is 8.30. The lowest BCUT2D eigenvalue weighted by atomic mass is 10.1. The van der Waals surface area contributed by atoms with E-state index in [-0.39, 0.29) is 5.63 Å².